The third kappa shape index (κ3) is 3.23. The average Bonchev–Trinajstić information content (AvgIpc) is 2.46. The summed E-state index contributed by atoms with van der Waals surface area (Å²) in [6, 6.07) is 2.04. The Balaban J connectivity index is 2.20. The Morgan fingerprint density at radius 3 is 2.92 bits per heavy atom. The molecule has 1 aromatic heterocycles. The van der Waals surface area contributed by atoms with Gasteiger partial charge >= 0.3 is 0 Å². The second-order valence-corrected chi connectivity index (χ2v) is 4.52. The summed E-state index contributed by atoms with van der Waals surface area (Å²) < 4.78 is 5.19. The minimum atomic E-state index is 1.04. The number of hydrogen-bond donors (Lipinski definition) is 0. The lowest BCUT2D eigenvalue weighted by Crippen LogP contribution is -1.81. The van der Waals surface area contributed by atoms with E-state index in [1.54, 1.807) is 6.26 Å². The molecule has 1 nitrogen and oxygen atoms in total. The van der Waals surface area contributed by atoms with Crippen LogP contribution in [-0.4, -0.2) is 11.1 Å². The van der Waals surface area contributed by atoms with Crippen LogP contribution in [0.5, 0.6) is 0 Å². The molecule has 0 spiro atoms. The molecule has 0 unspecified atom stereocenters. The van der Waals surface area contributed by atoms with E-state index in [9.17, 15) is 0 Å². The standard InChI is InChI=1S/C9H13BrOS/c1-8-9(4-6-11-8)12-7-3-2-5-10/h4,6H,2-3,5,7H2,1H3. The van der Waals surface area contributed by atoms with Crippen molar-refractivity contribution >= 4 is 27.7 Å². The van der Waals surface area contributed by atoms with Crippen LogP contribution in [-0.2, 0) is 0 Å². The van der Waals surface area contributed by atoms with Gasteiger partial charge in [0.25, 0.3) is 0 Å². The molecule has 3 heteroatoms. The van der Waals surface area contributed by atoms with E-state index in [1.165, 1.54) is 23.5 Å². The highest BCUT2D eigenvalue weighted by Crippen LogP contribution is 2.23. The van der Waals surface area contributed by atoms with Gasteiger partial charge in [-0.3, -0.25) is 0 Å². The molecule has 0 saturated carbocycles. The predicted octanol–water partition coefficient (Wildman–Crippen LogP) is 3.86. The second kappa shape index (κ2) is 5.70. The van der Waals surface area contributed by atoms with E-state index in [1.807, 2.05) is 24.8 Å². The minimum absolute atomic E-state index is 1.04. The van der Waals surface area contributed by atoms with E-state index in [4.69, 9.17) is 4.42 Å². The lowest BCUT2D eigenvalue weighted by atomic mass is 10.4. The maximum atomic E-state index is 5.19. The fourth-order valence-electron chi connectivity index (χ4n) is 0.902. The van der Waals surface area contributed by atoms with Gasteiger partial charge in [0.2, 0.25) is 0 Å². The predicted molar refractivity (Wildman–Crippen MR) is 57.2 cm³/mol. The summed E-state index contributed by atoms with van der Waals surface area (Å²) in [7, 11) is 0. The molecule has 0 aliphatic carbocycles. The molecule has 0 aliphatic rings. The highest BCUT2D eigenvalue weighted by Gasteiger charge is 2.00. The van der Waals surface area contributed by atoms with Crippen LogP contribution in [0.25, 0.3) is 0 Å². The van der Waals surface area contributed by atoms with Gasteiger partial charge in [-0.05, 0) is 31.6 Å². The number of halogens is 1. The number of rotatable bonds is 5. The van der Waals surface area contributed by atoms with Crippen molar-refractivity contribution < 1.29 is 4.42 Å². The van der Waals surface area contributed by atoms with E-state index in [0.29, 0.717) is 0 Å². The molecule has 1 rings (SSSR count). The van der Waals surface area contributed by atoms with Crippen molar-refractivity contribution in [2.24, 2.45) is 0 Å². The Hall–Kier alpha value is 0.110. The van der Waals surface area contributed by atoms with Crippen molar-refractivity contribution in [3.8, 4) is 0 Å². The SMILES string of the molecule is Cc1occc1SCCCCBr. The van der Waals surface area contributed by atoms with Crippen molar-refractivity contribution in [1.82, 2.24) is 0 Å². The lowest BCUT2D eigenvalue weighted by molar-refractivity contribution is 0.527. The Bertz CT molecular complexity index is 222. The zero-order chi connectivity index (χ0) is 8.81. The number of hydrogen-bond acceptors (Lipinski definition) is 2. The maximum Gasteiger partial charge on any atom is 0.114 e. The number of thioether (sulfide) groups is 1. The largest absolute Gasteiger partial charge is 0.468 e. The average molecular weight is 249 g/mol. The van der Waals surface area contributed by atoms with E-state index in [2.05, 4.69) is 15.9 Å². The fraction of sp³-hybridized carbons (Fsp3) is 0.556. The molecule has 12 heavy (non-hydrogen) atoms. The molecule has 0 aliphatic heterocycles. The lowest BCUT2D eigenvalue weighted by Gasteiger charge is -1.97. The fourth-order valence-corrected chi connectivity index (χ4v) is 2.27. The van der Waals surface area contributed by atoms with Crippen molar-refractivity contribution in [2.75, 3.05) is 11.1 Å². The Labute approximate surface area is 86.0 Å². The summed E-state index contributed by atoms with van der Waals surface area (Å²) >= 11 is 5.29. The summed E-state index contributed by atoms with van der Waals surface area (Å²) in [6.07, 6.45) is 4.27. The highest BCUT2D eigenvalue weighted by atomic mass is 79.9. The van der Waals surface area contributed by atoms with Gasteiger partial charge in [0.15, 0.2) is 0 Å². The molecule has 0 N–H and O–H groups in total. The van der Waals surface area contributed by atoms with Crippen molar-refractivity contribution in [3.05, 3.63) is 18.1 Å². The molecule has 0 fully saturated rings. The van der Waals surface area contributed by atoms with E-state index < -0.39 is 0 Å². The number of aryl methyl sites for hydroxylation is 1. The summed E-state index contributed by atoms with van der Waals surface area (Å²) in [5, 5.41) is 1.11. The van der Waals surface area contributed by atoms with Gasteiger partial charge in [0.1, 0.15) is 5.76 Å². The topological polar surface area (TPSA) is 13.1 Å². The van der Waals surface area contributed by atoms with Gasteiger partial charge in [-0.25, -0.2) is 0 Å². The molecule has 1 heterocycles. The van der Waals surface area contributed by atoms with E-state index in [0.717, 1.165) is 11.1 Å². The van der Waals surface area contributed by atoms with Gasteiger partial charge < -0.3 is 4.42 Å². The van der Waals surface area contributed by atoms with Crippen LogP contribution in [0, 0.1) is 6.92 Å². The second-order valence-electron chi connectivity index (χ2n) is 2.59. The van der Waals surface area contributed by atoms with Crippen LogP contribution in [0.2, 0.25) is 0 Å². The first kappa shape index (κ1) is 10.2. The van der Waals surface area contributed by atoms with Gasteiger partial charge in [-0.1, -0.05) is 15.9 Å². The van der Waals surface area contributed by atoms with Crippen molar-refractivity contribution in [1.29, 1.82) is 0 Å². The van der Waals surface area contributed by atoms with Crippen LogP contribution < -0.4 is 0 Å². The van der Waals surface area contributed by atoms with Crippen molar-refractivity contribution in [3.63, 3.8) is 0 Å². The van der Waals surface area contributed by atoms with Crippen LogP contribution >= 0.6 is 27.7 Å². The van der Waals surface area contributed by atoms with Crippen LogP contribution in [0.3, 0.4) is 0 Å². The highest BCUT2D eigenvalue weighted by molar-refractivity contribution is 9.09. The third-order valence-electron chi connectivity index (χ3n) is 1.60. The van der Waals surface area contributed by atoms with Crippen molar-refractivity contribution in [2.45, 2.75) is 24.7 Å². The first-order valence-electron chi connectivity index (χ1n) is 4.07. The zero-order valence-electron chi connectivity index (χ0n) is 7.18. The summed E-state index contributed by atoms with van der Waals surface area (Å²) in [4.78, 5) is 1.28. The van der Waals surface area contributed by atoms with Crippen LogP contribution in [0.15, 0.2) is 21.6 Å². The molecule has 0 radical (unpaired) electrons. The Morgan fingerprint density at radius 1 is 1.50 bits per heavy atom. The minimum Gasteiger partial charge on any atom is -0.468 e. The number of unbranched alkanes of at least 4 members (excludes halogenated alkanes) is 1. The molecule has 1 aromatic rings. The zero-order valence-corrected chi connectivity index (χ0v) is 9.58. The quantitative estimate of drug-likeness (QED) is 0.446. The van der Waals surface area contributed by atoms with Gasteiger partial charge in [-0.15, -0.1) is 11.8 Å². The summed E-state index contributed by atoms with van der Waals surface area (Å²) in [6.45, 7) is 2.01. The first-order chi connectivity index (χ1) is 5.84. The van der Waals surface area contributed by atoms with Gasteiger partial charge in [-0.2, -0.15) is 0 Å². The van der Waals surface area contributed by atoms with E-state index in [-0.39, 0.29) is 0 Å². The normalized spacial score (nSPS) is 10.5. The molecular weight excluding hydrogens is 236 g/mol. The third-order valence-corrected chi connectivity index (χ3v) is 3.38. The van der Waals surface area contributed by atoms with Crippen LogP contribution in [0.1, 0.15) is 18.6 Å². The number of furan rings is 1. The molecule has 0 bridgehead atoms. The van der Waals surface area contributed by atoms with Gasteiger partial charge in [0, 0.05) is 10.2 Å². The maximum absolute atomic E-state index is 5.19. The van der Waals surface area contributed by atoms with Gasteiger partial charge in [0.05, 0.1) is 6.26 Å². The summed E-state index contributed by atoms with van der Waals surface area (Å²) in [5.74, 6) is 2.23. The summed E-state index contributed by atoms with van der Waals surface area (Å²) in [5.41, 5.74) is 0. The molecule has 0 atom stereocenters. The molecule has 68 valence electrons. The molecule has 0 aromatic carbocycles. The number of alkyl halides is 1. The Morgan fingerprint density at radius 2 is 2.33 bits per heavy atom. The molecule has 0 saturated heterocycles. The first-order valence-corrected chi connectivity index (χ1v) is 6.18. The van der Waals surface area contributed by atoms with Crippen LogP contribution in [0.4, 0.5) is 0 Å². The smallest absolute Gasteiger partial charge is 0.114 e. The molecular formula is C9H13BrOS. The molecule has 0 amide bonds. The van der Waals surface area contributed by atoms with E-state index >= 15 is 0 Å². The monoisotopic (exact) mass is 248 g/mol. The Kier molecular flexibility index (Phi) is 4.84.